The average Bonchev–Trinajstić information content (AvgIpc) is 2.16. The van der Waals surface area contributed by atoms with E-state index in [1.165, 1.54) is 7.11 Å². The second-order valence-corrected chi connectivity index (χ2v) is 2.28. The molecule has 0 aromatic heterocycles. The van der Waals surface area contributed by atoms with Crippen molar-refractivity contribution < 1.29 is 13.9 Å². The number of hydrogen-bond acceptors (Lipinski definition) is 2. The monoisotopic (exact) mass is 168 g/mol. The lowest BCUT2D eigenvalue weighted by Crippen LogP contribution is -1.94. The Kier molecular flexibility index (Phi) is 2.80. The van der Waals surface area contributed by atoms with Crippen molar-refractivity contribution in [2.75, 3.05) is 7.11 Å². The van der Waals surface area contributed by atoms with E-state index < -0.39 is 6.67 Å². The normalized spacial score (nSPS) is 9.50. The Hall–Kier alpha value is -1.38. The molecular formula is C9H9FO2. The van der Waals surface area contributed by atoms with Gasteiger partial charge < -0.3 is 4.74 Å². The summed E-state index contributed by atoms with van der Waals surface area (Å²) in [6, 6.07) is 4.84. The van der Waals surface area contributed by atoms with Crippen molar-refractivity contribution >= 4 is 6.29 Å². The maximum atomic E-state index is 12.4. The van der Waals surface area contributed by atoms with E-state index in [1.54, 1.807) is 18.2 Å². The quantitative estimate of drug-likeness (QED) is 0.645. The molecule has 64 valence electrons. The van der Waals surface area contributed by atoms with Crippen LogP contribution in [0.4, 0.5) is 4.39 Å². The number of alkyl halides is 1. The van der Waals surface area contributed by atoms with Crippen LogP contribution >= 0.6 is 0 Å². The summed E-state index contributed by atoms with van der Waals surface area (Å²) in [6.07, 6.45) is 0.622. The molecule has 1 aromatic carbocycles. The fourth-order valence-corrected chi connectivity index (χ4v) is 1.03. The van der Waals surface area contributed by atoms with Gasteiger partial charge in [-0.3, -0.25) is 4.79 Å². The summed E-state index contributed by atoms with van der Waals surface area (Å²) in [4.78, 5) is 10.4. The molecule has 0 saturated carbocycles. The molecule has 0 radical (unpaired) electrons. The molecule has 0 aliphatic rings. The van der Waals surface area contributed by atoms with Crippen LogP contribution in [-0.4, -0.2) is 13.4 Å². The minimum absolute atomic E-state index is 0.315. The van der Waals surface area contributed by atoms with Crippen molar-refractivity contribution in [2.24, 2.45) is 0 Å². The van der Waals surface area contributed by atoms with Crippen LogP contribution < -0.4 is 4.74 Å². The fourth-order valence-electron chi connectivity index (χ4n) is 1.03. The number of carbonyl (C=O) groups is 1. The smallest absolute Gasteiger partial charge is 0.150 e. The second-order valence-electron chi connectivity index (χ2n) is 2.28. The lowest BCUT2D eigenvalue weighted by molar-refractivity contribution is 0.112. The number of aldehydes is 1. The predicted molar refractivity (Wildman–Crippen MR) is 43.2 cm³/mol. The molecule has 3 heteroatoms. The van der Waals surface area contributed by atoms with Gasteiger partial charge in [0.1, 0.15) is 12.4 Å². The number of hydrogen-bond donors (Lipinski definition) is 0. The van der Waals surface area contributed by atoms with Crippen molar-refractivity contribution in [2.45, 2.75) is 6.67 Å². The van der Waals surface area contributed by atoms with Gasteiger partial charge in [-0.05, 0) is 6.07 Å². The molecule has 0 saturated heterocycles. The highest BCUT2D eigenvalue weighted by Gasteiger charge is 2.06. The minimum atomic E-state index is -0.682. The first-order chi connectivity index (χ1) is 5.83. The Morgan fingerprint density at radius 2 is 2.33 bits per heavy atom. The molecule has 12 heavy (non-hydrogen) atoms. The SMILES string of the molecule is COc1cccc(C=O)c1CF. The Labute approximate surface area is 70.0 Å². The molecule has 0 aliphatic heterocycles. The molecule has 2 nitrogen and oxygen atoms in total. The molecule has 0 N–H and O–H groups in total. The highest BCUT2D eigenvalue weighted by molar-refractivity contribution is 5.78. The number of ether oxygens (including phenoxy) is 1. The Balaban J connectivity index is 3.21. The molecule has 0 aliphatic carbocycles. The van der Waals surface area contributed by atoms with Crippen LogP contribution in [0.1, 0.15) is 15.9 Å². The van der Waals surface area contributed by atoms with E-state index in [-0.39, 0.29) is 0 Å². The Bertz CT molecular complexity index is 284. The summed E-state index contributed by atoms with van der Waals surface area (Å²) in [7, 11) is 1.45. The maximum absolute atomic E-state index is 12.4. The number of rotatable bonds is 3. The Morgan fingerprint density at radius 3 is 2.83 bits per heavy atom. The lowest BCUT2D eigenvalue weighted by Gasteiger charge is -2.06. The van der Waals surface area contributed by atoms with Crippen LogP contribution in [0.25, 0.3) is 0 Å². The summed E-state index contributed by atoms with van der Waals surface area (Å²) < 4.78 is 17.3. The number of carbonyl (C=O) groups excluding carboxylic acids is 1. The van der Waals surface area contributed by atoms with Crippen LogP contribution in [0.2, 0.25) is 0 Å². The minimum Gasteiger partial charge on any atom is -0.496 e. The lowest BCUT2D eigenvalue weighted by atomic mass is 10.1. The van der Waals surface area contributed by atoms with E-state index in [2.05, 4.69) is 0 Å². The summed E-state index contributed by atoms with van der Waals surface area (Å²) in [5.74, 6) is 0.419. The third-order valence-electron chi connectivity index (χ3n) is 1.65. The van der Waals surface area contributed by atoms with E-state index in [0.29, 0.717) is 23.2 Å². The van der Waals surface area contributed by atoms with E-state index in [0.717, 1.165) is 0 Å². The van der Waals surface area contributed by atoms with Gasteiger partial charge in [-0.2, -0.15) is 0 Å². The van der Waals surface area contributed by atoms with Gasteiger partial charge in [0.2, 0.25) is 0 Å². The van der Waals surface area contributed by atoms with Crippen molar-refractivity contribution in [1.29, 1.82) is 0 Å². The molecule has 0 fully saturated rings. The number of benzene rings is 1. The molecule has 0 spiro atoms. The highest BCUT2D eigenvalue weighted by atomic mass is 19.1. The molecule has 0 unspecified atom stereocenters. The van der Waals surface area contributed by atoms with Crippen LogP contribution in [0.15, 0.2) is 18.2 Å². The summed E-state index contributed by atoms with van der Waals surface area (Å²) in [5, 5.41) is 0. The van der Waals surface area contributed by atoms with Gasteiger partial charge in [0.15, 0.2) is 6.29 Å². The van der Waals surface area contributed by atoms with E-state index in [9.17, 15) is 9.18 Å². The van der Waals surface area contributed by atoms with E-state index in [4.69, 9.17) is 4.74 Å². The zero-order valence-corrected chi connectivity index (χ0v) is 6.71. The predicted octanol–water partition coefficient (Wildman–Crippen LogP) is 1.98. The van der Waals surface area contributed by atoms with Crippen molar-refractivity contribution in [3.8, 4) is 5.75 Å². The van der Waals surface area contributed by atoms with Gasteiger partial charge in [0, 0.05) is 11.1 Å². The highest BCUT2D eigenvalue weighted by Crippen LogP contribution is 2.21. The average molecular weight is 168 g/mol. The largest absolute Gasteiger partial charge is 0.496 e. The third kappa shape index (κ3) is 1.44. The molecular weight excluding hydrogens is 159 g/mol. The first kappa shape index (κ1) is 8.71. The van der Waals surface area contributed by atoms with Crippen LogP contribution in [0.5, 0.6) is 5.75 Å². The van der Waals surface area contributed by atoms with Crippen LogP contribution in [0, 0.1) is 0 Å². The maximum Gasteiger partial charge on any atom is 0.150 e. The van der Waals surface area contributed by atoms with Gasteiger partial charge in [0.25, 0.3) is 0 Å². The first-order valence-electron chi connectivity index (χ1n) is 3.50. The molecule has 1 aromatic rings. The van der Waals surface area contributed by atoms with Gasteiger partial charge in [-0.15, -0.1) is 0 Å². The van der Waals surface area contributed by atoms with Crippen LogP contribution in [-0.2, 0) is 6.67 Å². The molecule has 0 bridgehead atoms. The second kappa shape index (κ2) is 3.85. The molecule has 0 heterocycles. The summed E-state index contributed by atoms with van der Waals surface area (Å²) >= 11 is 0. The van der Waals surface area contributed by atoms with Gasteiger partial charge in [0.05, 0.1) is 7.11 Å². The van der Waals surface area contributed by atoms with E-state index in [1.807, 2.05) is 0 Å². The first-order valence-corrected chi connectivity index (χ1v) is 3.50. The third-order valence-corrected chi connectivity index (χ3v) is 1.65. The topological polar surface area (TPSA) is 26.3 Å². The fraction of sp³-hybridized carbons (Fsp3) is 0.222. The van der Waals surface area contributed by atoms with Gasteiger partial charge in [-0.25, -0.2) is 4.39 Å². The summed E-state index contributed by atoms with van der Waals surface area (Å²) in [6.45, 7) is -0.682. The zero-order valence-electron chi connectivity index (χ0n) is 6.71. The Morgan fingerprint density at radius 1 is 1.58 bits per heavy atom. The zero-order chi connectivity index (χ0) is 8.97. The standard InChI is InChI=1S/C9H9FO2/c1-12-9-4-2-3-7(6-11)8(9)5-10/h2-4,6H,5H2,1H3. The van der Waals surface area contributed by atoms with E-state index >= 15 is 0 Å². The number of halogens is 1. The van der Waals surface area contributed by atoms with Crippen molar-refractivity contribution in [1.82, 2.24) is 0 Å². The van der Waals surface area contributed by atoms with Crippen molar-refractivity contribution in [3.05, 3.63) is 29.3 Å². The van der Waals surface area contributed by atoms with Gasteiger partial charge in [-0.1, -0.05) is 12.1 Å². The van der Waals surface area contributed by atoms with Gasteiger partial charge >= 0.3 is 0 Å². The molecule has 0 amide bonds. The number of methoxy groups -OCH3 is 1. The molecule has 0 atom stereocenters. The van der Waals surface area contributed by atoms with Crippen LogP contribution in [0.3, 0.4) is 0 Å². The summed E-state index contributed by atoms with van der Waals surface area (Å²) in [5.41, 5.74) is 0.659. The molecule has 1 rings (SSSR count). The van der Waals surface area contributed by atoms with Crippen molar-refractivity contribution in [3.63, 3.8) is 0 Å².